The number of nitrogens with zero attached hydrogens (tertiary/aromatic N) is 4. The van der Waals surface area contributed by atoms with Crippen molar-refractivity contribution in [1.29, 1.82) is 0 Å². The second kappa shape index (κ2) is 19.3. The third kappa shape index (κ3) is 9.49. The number of hydrogen-bond donors (Lipinski definition) is 2. The Balaban J connectivity index is 0.000000460. The highest BCUT2D eigenvalue weighted by Crippen LogP contribution is 2.38. The number of aliphatic imine (C=N–C) groups is 1. The number of amides is 2. The van der Waals surface area contributed by atoms with Crippen molar-refractivity contribution in [3.63, 3.8) is 0 Å². The van der Waals surface area contributed by atoms with E-state index in [0.29, 0.717) is 12.8 Å². The molecule has 2 atom stereocenters. The molecule has 6 aromatic carbocycles. The van der Waals surface area contributed by atoms with Gasteiger partial charge in [-0.05, 0) is 75.4 Å². The molecule has 9 nitrogen and oxygen atoms in total. The van der Waals surface area contributed by atoms with Crippen molar-refractivity contribution < 1.29 is 19.5 Å². The highest BCUT2D eigenvalue weighted by Gasteiger charge is 2.34. The Morgan fingerprint density at radius 3 is 1.67 bits per heavy atom. The zero-order chi connectivity index (χ0) is 43.8. The van der Waals surface area contributed by atoms with Gasteiger partial charge in [-0.3, -0.25) is 19.4 Å². The molecule has 3 aliphatic rings. The molecule has 0 radical (unpaired) electrons. The van der Waals surface area contributed by atoms with Gasteiger partial charge in [0.2, 0.25) is 11.8 Å². The number of benzene rings is 6. The molecule has 7 aromatic rings. The predicted molar refractivity (Wildman–Crippen MR) is 253 cm³/mol. The molecular formula is C55H51N5O4. The van der Waals surface area contributed by atoms with Gasteiger partial charge in [0.1, 0.15) is 5.82 Å². The van der Waals surface area contributed by atoms with Gasteiger partial charge in [-0.2, -0.15) is 0 Å². The summed E-state index contributed by atoms with van der Waals surface area (Å²) < 4.78 is 0. The normalized spacial score (nSPS) is 16.9. The maximum absolute atomic E-state index is 13.3. The average molecular weight is 846 g/mol. The van der Waals surface area contributed by atoms with Crippen LogP contribution in [0.3, 0.4) is 0 Å². The van der Waals surface area contributed by atoms with Gasteiger partial charge < -0.3 is 19.9 Å². The number of aromatic amines is 1. The number of nitrogens with one attached hydrogen (secondary N) is 1. The van der Waals surface area contributed by atoms with Crippen LogP contribution in [0.4, 0.5) is 0 Å². The van der Waals surface area contributed by atoms with E-state index in [1.807, 2.05) is 101 Å². The minimum atomic E-state index is -0.786. The predicted octanol–water partition coefficient (Wildman–Crippen LogP) is 10.5. The highest BCUT2D eigenvalue weighted by atomic mass is 16.4. The maximum Gasteiger partial charge on any atom is 0.307 e. The third-order valence-electron chi connectivity index (χ3n) is 12.6. The van der Waals surface area contributed by atoms with Crippen LogP contribution in [0.15, 0.2) is 169 Å². The fourth-order valence-corrected chi connectivity index (χ4v) is 9.40. The van der Waals surface area contributed by atoms with Crippen LogP contribution in [-0.2, 0) is 33.6 Å². The SMILES string of the molecule is O=C(Cc1ccccc1)N1CCC[C@H]1C1=NC=C(c2ccc(-c3ccc(-c4cnc([C@@H]5CCCN5C(=O)Cc5ccccc5)[nH]4)c4ccccc34)cc2)C1.O=C(O)Cc1ccccc1. The lowest BCUT2D eigenvalue weighted by atomic mass is 9.92. The van der Waals surface area contributed by atoms with Gasteiger partial charge in [0.05, 0.1) is 43.2 Å². The van der Waals surface area contributed by atoms with Crippen LogP contribution in [0.1, 0.15) is 66.2 Å². The Hall–Kier alpha value is -7.39. The van der Waals surface area contributed by atoms with Crippen LogP contribution in [0, 0.1) is 0 Å². The van der Waals surface area contributed by atoms with E-state index >= 15 is 0 Å². The molecule has 2 saturated heterocycles. The Morgan fingerprint density at radius 2 is 1.08 bits per heavy atom. The lowest BCUT2D eigenvalue weighted by Gasteiger charge is -2.25. The van der Waals surface area contributed by atoms with Crippen molar-refractivity contribution in [2.24, 2.45) is 4.99 Å². The first-order valence-electron chi connectivity index (χ1n) is 22.2. The van der Waals surface area contributed by atoms with Crippen molar-refractivity contribution in [2.75, 3.05) is 13.1 Å². The molecule has 0 aliphatic carbocycles. The average Bonchev–Trinajstić information content (AvgIpc) is 4.18. The number of rotatable bonds is 11. The molecule has 0 saturated carbocycles. The van der Waals surface area contributed by atoms with Gasteiger partial charge in [0.25, 0.3) is 0 Å². The second-order valence-electron chi connectivity index (χ2n) is 16.8. The fourth-order valence-electron chi connectivity index (χ4n) is 9.40. The molecule has 2 N–H and O–H groups in total. The van der Waals surface area contributed by atoms with Crippen molar-refractivity contribution in [2.45, 2.75) is 63.5 Å². The second-order valence-corrected chi connectivity index (χ2v) is 16.8. The van der Waals surface area contributed by atoms with E-state index in [1.165, 1.54) is 16.5 Å². The number of carbonyl (C=O) groups excluding carboxylic acids is 2. The van der Waals surface area contributed by atoms with Crippen LogP contribution in [0.2, 0.25) is 0 Å². The summed E-state index contributed by atoms with van der Waals surface area (Å²) in [5, 5.41) is 10.7. The molecule has 0 bridgehead atoms. The van der Waals surface area contributed by atoms with Crippen LogP contribution in [0.25, 0.3) is 38.7 Å². The van der Waals surface area contributed by atoms with Crippen LogP contribution in [0.5, 0.6) is 0 Å². The molecule has 320 valence electrons. The molecule has 0 unspecified atom stereocenters. The summed E-state index contributed by atoms with van der Waals surface area (Å²) in [5.74, 6) is 0.389. The molecule has 1 aromatic heterocycles. The summed E-state index contributed by atoms with van der Waals surface area (Å²) in [6.45, 7) is 1.55. The number of hydrogen-bond acceptors (Lipinski definition) is 5. The number of allylic oxidation sites excluding steroid dienone is 1. The first kappa shape index (κ1) is 41.9. The number of aromatic nitrogens is 2. The maximum atomic E-state index is 13.3. The molecule has 4 heterocycles. The summed E-state index contributed by atoms with van der Waals surface area (Å²) in [6, 6.07) is 50.9. The highest BCUT2D eigenvalue weighted by molar-refractivity contribution is 6.05. The first-order chi connectivity index (χ1) is 31.4. The van der Waals surface area contributed by atoms with Crippen molar-refractivity contribution in [3.8, 4) is 22.4 Å². The molecule has 2 amide bonds. The minimum Gasteiger partial charge on any atom is -0.481 e. The standard InChI is InChI=1S/C47H43N5O2.C8H8O2/c53-45(27-32-11-3-1-4-12-32)51-25-9-17-43(51)41-29-36(30-48-41)34-19-21-35(22-20-34)37-23-24-40(39-16-8-7-15-38(37)39)42-31-49-47(50-42)44-18-10-26-52(44)46(54)28-33-13-5-2-6-14-33;9-8(10)6-7-4-2-1-3-5-7/h1-8,11-16,19-24,30-31,43-44H,9-10,17-18,25-29H2,(H,49,50);1-5H,6H2,(H,9,10)/t43-,44-;/m0./s1. The number of carbonyl (C=O) groups is 3. The number of fused-ring (bicyclic) bond motifs is 1. The number of likely N-dealkylation sites (tertiary alicyclic amines) is 2. The molecule has 3 aliphatic heterocycles. The molecular weight excluding hydrogens is 795 g/mol. The van der Waals surface area contributed by atoms with E-state index in [9.17, 15) is 14.4 Å². The van der Waals surface area contributed by atoms with E-state index < -0.39 is 5.97 Å². The van der Waals surface area contributed by atoms with Gasteiger partial charge in [0.15, 0.2) is 0 Å². The number of H-pyrrole nitrogens is 1. The Kier molecular flexibility index (Phi) is 12.7. The van der Waals surface area contributed by atoms with Crippen LogP contribution < -0.4 is 0 Å². The van der Waals surface area contributed by atoms with Crippen molar-refractivity contribution in [3.05, 3.63) is 192 Å². The lowest BCUT2D eigenvalue weighted by molar-refractivity contribution is -0.136. The quantitative estimate of drug-likeness (QED) is 0.134. The summed E-state index contributed by atoms with van der Waals surface area (Å²) in [6.07, 6.45) is 9.48. The molecule has 2 fully saturated rings. The molecule has 10 rings (SSSR count). The first-order valence-corrected chi connectivity index (χ1v) is 22.2. The Morgan fingerprint density at radius 1 is 0.578 bits per heavy atom. The summed E-state index contributed by atoms with van der Waals surface area (Å²) in [7, 11) is 0. The topological polar surface area (TPSA) is 119 Å². The third-order valence-corrected chi connectivity index (χ3v) is 12.6. The van der Waals surface area contributed by atoms with Gasteiger partial charge in [-0.25, -0.2) is 4.98 Å². The van der Waals surface area contributed by atoms with Gasteiger partial charge in [-0.15, -0.1) is 0 Å². The van der Waals surface area contributed by atoms with Crippen LogP contribution in [-0.4, -0.2) is 67.5 Å². The Bertz CT molecular complexity index is 2820. The lowest BCUT2D eigenvalue weighted by Crippen LogP contribution is -2.41. The summed E-state index contributed by atoms with van der Waals surface area (Å²) in [4.78, 5) is 54.1. The smallest absolute Gasteiger partial charge is 0.307 e. The van der Waals surface area contributed by atoms with Crippen molar-refractivity contribution >= 4 is 39.8 Å². The van der Waals surface area contributed by atoms with Crippen molar-refractivity contribution in [1.82, 2.24) is 19.8 Å². The minimum absolute atomic E-state index is 0.0466. The number of carboxylic acid groups (broad SMARTS) is 1. The van der Waals surface area contributed by atoms with Gasteiger partial charge in [0, 0.05) is 37.0 Å². The number of aliphatic carboxylic acids is 1. The van der Waals surface area contributed by atoms with Crippen LogP contribution >= 0.6 is 0 Å². The largest absolute Gasteiger partial charge is 0.481 e. The fraction of sp³-hybridized carbons (Fsp3) is 0.218. The monoisotopic (exact) mass is 845 g/mol. The van der Waals surface area contributed by atoms with E-state index in [4.69, 9.17) is 15.1 Å². The molecule has 9 heteroatoms. The Labute approximate surface area is 373 Å². The zero-order valence-corrected chi connectivity index (χ0v) is 35.8. The van der Waals surface area contributed by atoms with E-state index in [2.05, 4.69) is 65.6 Å². The molecule has 64 heavy (non-hydrogen) atoms. The summed E-state index contributed by atoms with van der Waals surface area (Å²) >= 11 is 0. The van der Waals surface area contributed by atoms with E-state index in [1.54, 1.807) is 12.1 Å². The number of carboxylic acids is 1. The summed E-state index contributed by atoms with van der Waals surface area (Å²) in [5.41, 5.74) is 10.7. The van der Waals surface area contributed by atoms with E-state index in [-0.39, 0.29) is 30.3 Å². The zero-order valence-electron chi connectivity index (χ0n) is 35.8. The van der Waals surface area contributed by atoms with E-state index in [0.717, 1.165) is 101 Å². The van der Waals surface area contributed by atoms with Gasteiger partial charge >= 0.3 is 5.97 Å². The van der Waals surface area contributed by atoms with Gasteiger partial charge in [-0.1, -0.05) is 152 Å². The number of imidazole rings is 1. The molecule has 0 spiro atoms.